The van der Waals surface area contributed by atoms with Crippen molar-refractivity contribution in [2.75, 3.05) is 6.54 Å². The number of guanidine groups is 1. The van der Waals surface area contributed by atoms with Crippen molar-refractivity contribution in [3.05, 3.63) is 71.3 Å². The zero-order valence-electron chi connectivity index (χ0n) is 31.8. The largest absolute Gasteiger partial charge is 0.490 e. The van der Waals surface area contributed by atoms with Gasteiger partial charge in [-0.25, -0.2) is 4.79 Å². The van der Waals surface area contributed by atoms with Gasteiger partial charge in [-0.1, -0.05) is 86.7 Å². The van der Waals surface area contributed by atoms with Crippen molar-refractivity contribution in [3.8, 4) is 0 Å². The molecule has 20 heteroatoms. The number of nitrogens with one attached hydrogen (secondary N) is 6. The van der Waals surface area contributed by atoms with E-state index in [4.69, 9.17) is 37.9 Å². The van der Waals surface area contributed by atoms with E-state index < -0.39 is 72.2 Å². The van der Waals surface area contributed by atoms with Crippen molar-refractivity contribution < 1.29 is 52.2 Å². The summed E-state index contributed by atoms with van der Waals surface area (Å²) in [6.07, 6.45) is 0.241. The van der Waals surface area contributed by atoms with Gasteiger partial charge < -0.3 is 48.7 Å². The number of amides is 4. The highest BCUT2D eigenvalue weighted by molar-refractivity contribution is 5.96. The number of carbonyl (C=O) groups is 6. The average molecular weight is 820 g/mol. The van der Waals surface area contributed by atoms with Crippen LogP contribution in [0.5, 0.6) is 0 Å². The molecule has 0 aliphatic heterocycles. The van der Waals surface area contributed by atoms with Crippen LogP contribution >= 0.6 is 0 Å². The number of primary amides is 1. The molecule has 4 amide bonds. The van der Waals surface area contributed by atoms with Crippen molar-refractivity contribution in [1.29, 1.82) is 10.8 Å². The maximum atomic E-state index is 13.9. The van der Waals surface area contributed by atoms with E-state index in [2.05, 4.69) is 21.3 Å². The molecule has 0 unspecified atom stereocenters. The second-order valence-electron chi connectivity index (χ2n) is 13.8. The number of hydrogen-bond donors (Lipinski definition) is 11. The van der Waals surface area contributed by atoms with E-state index in [-0.39, 0.29) is 43.5 Å². The number of benzene rings is 2. The van der Waals surface area contributed by atoms with Crippen LogP contribution in [0.25, 0.3) is 0 Å². The van der Waals surface area contributed by atoms with Crippen molar-refractivity contribution in [2.45, 2.75) is 101 Å². The first kappa shape index (κ1) is 47.9. The Labute approximate surface area is 333 Å². The summed E-state index contributed by atoms with van der Waals surface area (Å²) in [5, 5.41) is 42.4. The summed E-state index contributed by atoms with van der Waals surface area (Å²) in [6, 6.07) is 12.3. The predicted molar refractivity (Wildman–Crippen MR) is 206 cm³/mol. The van der Waals surface area contributed by atoms with Gasteiger partial charge in [-0.2, -0.15) is 13.2 Å². The van der Waals surface area contributed by atoms with Crippen LogP contribution in [0.15, 0.2) is 54.6 Å². The minimum absolute atomic E-state index is 0.0786. The van der Waals surface area contributed by atoms with Crippen LogP contribution in [0.4, 0.5) is 13.2 Å². The topological polar surface area (TPSA) is 317 Å². The highest BCUT2D eigenvalue weighted by Gasteiger charge is 2.38. The van der Waals surface area contributed by atoms with Gasteiger partial charge in [0.1, 0.15) is 24.0 Å². The summed E-state index contributed by atoms with van der Waals surface area (Å²) >= 11 is 0. The molecule has 0 radical (unpaired) electrons. The van der Waals surface area contributed by atoms with E-state index in [0.29, 0.717) is 24.0 Å². The molecule has 0 bridgehead atoms. The van der Waals surface area contributed by atoms with Gasteiger partial charge in [-0.05, 0) is 49.1 Å². The second kappa shape index (κ2) is 23.8. The lowest BCUT2D eigenvalue weighted by atomic mass is 9.84. The molecule has 2 aromatic rings. The number of rotatable bonds is 20. The van der Waals surface area contributed by atoms with Crippen LogP contribution in [0, 0.1) is 16.7 Å². The molecule has 0 heterocycles. The fraction of sp³-hybridized carbons (Fsp3) is 0.474. The number of carbonyl (C=O) groups excluding carboxylic acids is 4. The van der Waals surface area contributed by atoms with E-state index in [1.54, 1.807) is 54.6 Å². The van der Waals surface area contributed by atoms with Gasteiger partial charge in [0.15, 0.2) is 5.96 Å². The molecule has 14 N–H and O–H groups in total. The highest BCUT2D eigenvalue weighted by Crippen LogP contribution is 2.27. The molecule has 2 aromatic carbocycles. The maximum Gasteiger partial charge on any atom is 0.490 e. The molecule has 58 heavy (non-hydrogen) atoms. The van der Waals surface area contributed by atoms with Gasteiger partial charge in [0.2, 0.25) is 23.6 Å². The first-order valence-electron chi connectivity index (χ1n) is 18.6. The smallest absolute Gasteiger partial charge is 0.481 e. The summed E-state index contributed by atoms with van der Waals surface area (Å²) in [6.45, 7) is 0.224. The number of hydrogen-bond acceptors (Lipinski definition) is 8. The molecule has 17 nitrogen and oxygen atoms in total. The molecule has 1 fully saturated rings. The van der Waals surface area contributed by atoms with Gasteiger partial charge in [0.25, 0.3) is 0 Å². The van der Waals surface area contributed by atoms with Crippen LogP contribution in [0.1, 0.15) is 86.8 Å². The highest BCUT2D eigenvalue weighted by atomic mass is 19.4. The molecule has 1 aliphatic rings. The number of amidine groups is 1. The summed E-state index contributed by atoms with van der Waals surface area (Å²) in [5.74, 6) is -7.48. The molecule has 4 atom stereocenters. The summed E-state index contributed by atoms with van der Waals surface area (Å²) in [4.78, 5) is 74.2. The Morgan fingerprint density at radius 3 is 1.79 bits per heavy atom. The minimum atomic E-state index is -5.08. The molecule has 1 saturated carbocycles. The molecular weight excluding hydrogens is 767 g/mol. The third-order valence-corrected chi connectivity index (χ3v) is 9.32. The normalized spacial score (nSPS) is 14.8. The Kier molecular flexibility index (Phi) is 19.6. The van der Waals surface area contributed by atoms with E-state index in [0.717, 1.165) is 37.7 Å². The van der Waals surface area contributed by atoms with E-state index in [1.165, 1.54) is 0 Å². The van der Waals surface area contributed by atoms with E-state index >= 15 is 0 Å². The zero-order valence-corrected chi connectivity index (χ0v) is 31.8. The van der Waals surface area contributed by atoms with Crippen LogP contribution < -0.4 is 38.5 Å². The third-order valence-electron chi connectivity index (χ3n) is 9.32. The Balaban J connectivity index is 0.00000151. The fourth-order valence-corrected chi connectivity index (χ4v) is 6.26. The van der Waals surface area contributed by atoms with Crippen molar-refractivity contribution >= 4 is 47.4 Å². The first-order valence-corrected chi connectivity index (χ1v) is 18.6. The monoisotopic (exact) mass is 819 g/mol. The lowest BCUT2D eigenvalue weighted by Gasteiger charge is -2.28. The van der Waals surface area contributed by atoms with Crippen molar-refractivity contribution in [2.24, 2.45) is 23.1 Å². The minimum Gasteiger partial charge on any atom is -0.481 e. The van der Waals surface area contributed by atoms with Crippen LogP contribution in [-0.4, -0.2) is 88.4 Å². The number of aliphatic carboxylic acids is 2. The summed E-state index contributed by atoms with van der Waals surface area (Å²) in [5.41, 5.74) is 18.6. The molecule has 0 aromatic heterocycles. The third kappa shape index (κ3) is 17.7. The van der Waals surface area contributed by atoms with Gasteiger partial charge in [-0.3, -0.25) is 34.8 Å². The van der Waals surface area contributed by atoms with Crippen molar-refractivity contribution in [1.82, 2.24) is 21.3 Å². The fourth-order valence-electron chi connectivity index (χ4n) is 6.26. The zero-order chi connectivity index (χ0) is 43.4. The lowest BCUT2D eigenvalue weighted by Crippen LogP contribution is -2.57. The number of nitrogen functional groups attached to an aromatic ring is 1. The standard InChI is InChI=1S/C36H51N9O6.C2HF3O2/c37-31(38)25-15-13-23(14-16-25)20-26(24-10-5-2-6-11-24)33(49)43-28(17-18-30(46)47)35(51)44-27(12-7-19-42-36(40)41)34(50)45-29(32(39)48)21-22-8-3-1-4-9-22;3-2(4,5)1(6)7/h2,5-6,10-11,13-16,22,26-29H,1,3-4,7-9,12,17-21H2,(H3,37,38)(H2,39,48)(H,43,49)(H,44,51)(H,45,50)(H,46,47)(H4,40,41,42);(H,6,7)/t26-,27+,28+,29+;/m1./s1. The average Bonchev–Trinajstić information content (AvgIpc) is 3.16. The Morgan fingerprint density at radius 2 is 1.29 bits per heavy atom. The number of alkyl halides is 3. The van der Waals surface area contributed by atoms with Crippen LogP contribution in [0.3, 0.4) is 0 Å². The number of nitrogens with two attached hydrogens (primary N) is 3. The molecular formula is C38H52F3N9O8. The quantitative estimate of drug-likeness (QED) is 0.0521. The van der Waals surface area contributed by atoms with E-state index in [1.807, 2.05) is 0 Å². The molecule has 1 aliphatic carbocycles. The van der Waals surface area contributed by atoms with Crippen molar-refractivity contribution in [3.63, 3.8) is 0 Å². The number of carboxylic acid groups (broad SMARTS) is 2. The van der Waals surface area contributed by atoms with Crippen LogP contribution in [-0.2, 0) is 35.2 Å². The molecule has 0 saturated heterocycles. The number of carboxylic acids is 2. The predicted octanol–water partition coefficient (Wildman–Crippen LogP) is 1.97. The van der Waals surface area contributed by atoms with Gasteiger partial charge in [0, 0.05) is 18.5 Å². The molecule has 3 rings (SSSR count). The maximum absolute atomic E-state index is 13.9. The van der Waals surface area contributed by atoms with Gasteiger partial charge >= 0.3 is 18.1 Å². The Bertz CT molecular complexity index is 1720. The Hall–Kier alpha value is -6.21. The molecule has 0 spiro atoms. The first-order chi connectivity index (χ1) is 27.3. The summed E-state index contributed by atoms with van der Waals surface area (Å²) in [7, 11) is 0. The second-order valence-corrected chi connectivity index (χ2v) is 13.8. The lowest BCUT2D eigenvalue weighted by molar-refractivity contribution is -0.192. The summed E-state index contributed by atoms with van der Waals surface area (Å²) < 4.78 is 31.7. The molecule has 318 valence electrons. The van der Waals surface area contributed by atoms with Gasteiger partial charge in [-0.15, -0.1) is 0 Å². The van der Waals surface area contributed by atoms with E-state index in [9.17, 15) is 42.3 Å². The number of halogens is 3. The SMILES string of the molecule is N=C(N)NCCC[C@H](NC(=O)[C@H](CCC(=O)O)NC(=O)[C@H](Cc1ccc(C(=N)N)cc1)c1ccccc1)C(=O)N[C@@H](CC1CCCCC1)C(N)=O.O=C(O)C(F)(F)F. The Morgan fingerprint density at radius 1 is 0.759 bits per heavy atom. The van der Waals surface area contributed by atoms with Crippen LogP contribution in [0.2, 0.25) is 0 Å². The van der Waals surface area contributed by atoms with Gasteiger partial charge in [0.05, 0.1) is 5.92 Å².